The topological polar surface area (TPSA) is 116 Å². The molecule has 1 heterocycles. The molecule has 1 atom stereocenters. The van der Waals surface area contributed by atoms with E-state index in [1.807, 2.05) is 0 Å². The van der Waals surface area contributed by atoms with E-state index >= 15 is 0 Å². The zero-order chi connectivity index (χ0) is 21.3. The first-order chi connectivity index (χ1) is 13.8. The number of benzene rings is 2. The van der Waals surface area contributed by atoms with Crippen LogP contribution in [0.2, 0.25) is 0 Å². The van der Waals surface area contributed by atoms with E-state index < -0.39 is 29.5 Å². The van der Waals surface area contributed by atoms with Crippen LogP contribution in [0.1, 0.15) is 28.9 Å². The van der Waals surface area contributed by atoms with Crippen LogP contribution in [0.4, 0.5) is 5.69 Å². The van der Waals surface area contributed by atoms with Crippen molar-refractivity contribution in [3.8, 4) is 11.5 Å². The van der Waals surface area contributed by atoms with Crippen molar-refractivity contribution < 1.29 is 34.1 Å². The lowest BCUT2D eigenvalue weighted by Gasteiger charge is -2.28. The van der Waals surface area contributed by atoms with Gasteiger partial charge >= 0.3 is 5.97 Å². The van der Waals surface area contributed by atoms with Crippen LogP contribution in [0.3, 0.4) is 0 Å². The van der Waals surface area contributed by atoms with Crippen LogP contribution in [-0.4, -0.2) is 37.0 Å². The van der Waals surface area contributed by atoms with Gasteiger partial charge in [0.25, 0.3) is 0 Å². The molecule has 3 rings (SSSR count). The first-order valence-corrected chi connectivity index (χ1v) is 8.61. The summed E-state index contributed by atoms with van der Waals surface area (Å²) in [5.74, 6) is -2.56. The number of carboxylic acid groups (broad SMARTS) is 1. The summed E-state index contributed by atoms with van der Waals surface area (Å²) >= 11 is 0. The fraction of sp³-hybridized carbons (Fsp3) is 0.190. The zero-order valence-electron chi connectivity index (χ0n) is 16.0. The number of Topliss-reactive ketones (excluding diaryl/α,β-unsaturated/α-hetero) is 1. The third-order valence-corrected chi connectivity index (χ3v) is 4.68. The molecule has 150 valence electrons. The Hall–Kier alpha value is -3.81. The molecule has 0 fully saturated rings. The van der Waals surface area contributed by atoms with Gasteiger partial charge in [-0.25, -0.2) is 4.79 Å². The average Bonchev–Trinajstić information content (AvgIpc) is 2.98. The van der Waals surface area contributed by atoms with Crippen LogP contribution in [0.15, 0.2) is 53.8 Å². The number of carboxylic acids is 1. The van der Waals surface area contributed by atoms with Gasteiger partial charge in [0.05, 0.1) is 25.8 Å². The zero-order valence-corrected chi connectivity index (χ0v) is 16.0. The van der Waals surface area contributed by atoms with Gasteiger partial charge in [-0.05, 0) is 54.6 Å². The molecule has 8 nitrogen and oxygen atoms in total. The smallest absolute Gasteiger partial charge is 0.335 e. The summed E-state index contributed by atoms with van der Waals surface area (Å²) in [6, 6.07) is 9.38. The molecule has 0 aliphatic carbocycles. The third-order valence-electron chi connectivity index (χ3n) is 4.68. The molecule has 0 bridgehead atoms. The first-order valence-electron chi connectivity index (χ1n) is 8.61. The Bertz CT molecular complexity index is 1020. The van der Waals surface area contributed by atoms with Crippen molar-refractivity contribution in [1.29, 1.82) is 0 Å². The Morgan fingerprint density at radius 1 is 1.03 bits per heavy atom. The van der Waals surface area contributed by atoms with Crippen molar-refractivity contribution >= 4 is 23.3 Å². The SMILES string of the molecule is COc1ccc([C@@H]2C(C(C)=O)=C([O-])C(=O)N2c2ccc(C(=O)O)cc2)cc1OC. The Morgan fingerprint density at radius 3 is 2.17 bits per heavy atom. The molecule has 8 heteroatoms. The van der Waals surface area contributed by atoms with E-state index in [4.69, 9.17) is 14.6 Å². The van der Waals surface area contributed by atoms with E-state index in [1.54, 1.807) is 18.2 Å². The highest BCUT2D eigenvalue weighted by Gasteiger charge is 2.39. The summed E-state index contributed by atoms with van der Waals surface area (Å²) in [6.45, 7) is 1.23. The molecule has 1 aliphatic heterocycles. The summed E-state index contributed by atoms with van der Waals surface area (Å²) < 4.78 is 10.5. The van der Waals surface area contributed by atoms with Gasteiger partial charge in [-0.15, -0.1) is 0 Å². The minimum Gasteiger partial charge on any atom is -0.868 e. The number of nitrogens with zero attached hydrogens (tertiary/aromatic N) is 1. The standard InChI is InChI=1S/C21H19NO7/c1-11(23)17-18(13-6-9-15(28-2)16(10-13)29-3)22(20(25)19(17)24)14-7-4-12(5-8-14)21(26)27/h4-10,18,24H,1-3H3,(H,26,27)/p-1/t18-/m1/s1. The van der Waals surface area contributed by atoms with Gasteiger partial charge in [-0.2, -0.15) is 0 Å². The second-order valence-corrected chi connectivity index (χ2v) is 6.34. The average molecular weight is 396 g/mol. The number of ketones is 1. The summed E-state index contributed by atoms with van der Waals surface area (Å²) in [5, 5.41) is 21.6. The number of carbonyl (C=O) groups excluding carboxylic acids is 2. The normalized spacial score (nSPS) is 16.2. The third kappa shape index (κ3) is 3.40. The molecule has 0 saturated carbocycles. The molecule has 0 spiro atoms. The van der Waals surface area contributed by atoms with E-state index in [2.05, 4.69) is 0 Å². The highest BCUT2D eigenvalue weighted by molar-refractivity contribution is 6.15. The van der Waals surface area contributed by atoms with E-state index in [0.29, 0.717) is 22.7 Å². The lowest BCUT2D eigenvalue weighted by Crippen LogP contribution is -2.32. The first kappa shape index (κ1) is 19.9. The highest BCUT2D eigenvalue weighted by Crippen LogP contribution is 2.42. The predicted molar refractivity (Wildman–Crippen MR) is 101 cm³/mol. The number of methoxy groups -OCH3 is 2. The van der Waals surface area contributed by atoms with Gasteiger partial charge in [-0.3, -0.25) is 14.5 Å². The van der Waals surface area contributed by atoms with Crippen LogP contribution in [0.5, 0.6) is 11.5 Å². The highest BCUT2D eigenvalue weighted by atomic mass is 16.5. The molecule has 1 amide bonds. The second-order valence-electron chi connectivity index (χ2n) is 6.34. The van der Waals surface area contributed by atoms with Gasteiger partial charge in [0.2, 0.25) is 5.91 Å². The van der Waals surface area contributed by atoms with Gasteiger partial charge in [0.1, 0.15) is 0 Å². The maximum Gasteiger partial charge on any atom is 0.335 e. The maximum absolute atomic E-state index is 12.7. The number of hydrogen-bond donors (Lipinski definition) is 1. The Balaban J connectivity index is 2.16. The monoisotopic (exact) mass is 396 g/mol. The number of hydrogen-bond acceptors (Lipinski definition) is 6. The molecule has 2 aromatic rings. The van der Waals surface area contributed by atoms with Crippen LogP contribution in [-0.2, 0) is 9.59 Å². The largest absolute Gasteiger partial charge is 0.868 e. The van der Waals surface area contributed by atoms with Gasteiger partial charge in [0.15, 0.2) is 17.3 Å². The maximum atomic E-state index is 12.7. The number of rotatable bonds is 6. The molecule has 2 aromatic carbocycles. The van der Waals surface area contributed by atoms with Crippen molar-refractivity contribution in [2.45, 2.75) is 13.0 Å². The molecule has 0 unspecified atom stereocenters. The minimum atomic E-state index is -1.12. The molecule has 29 heavy (non-hydrogen) atoms. The molecule has 0 aromatic heterocycles. The lowest BCUT2D eigenvalue weighted by molar-refractivity contribution is -0.298. The van der Waals surface area contributed by atoms with E-state index in [0.717, 1.165) is 0 Å². The number of ether oxygens (including phenoxy) is 2. The van der Waals surface area contributed by atoms with Crippen LogP contribution in [0.25, 0.3) is 0 Å². The van der Waals surface area contributed by atoms with Crippen molar-refractivity contribution in [1.82, 2.24) is 0 Å². The van der Waals surface area contributed by atoms with Gasteiger partial charge in [-0.1, -0.05) is 6.07 Å². The quantitative estimate of drug-likeness (QED) is 0.790. The van der Waals surface area contributed by atoms with Gasteiger partial charge < -0.3 is 19.7 Å². The van der Waals surface area contributed by atoms with E-state index in [-0.39, 0.29) is 11.1 Å². The summed E-state index contributed by atoms with van der Waals surface area (Å²) in [7, 11) is 2.92. The van der Waals surface area contributed by atoms with Crippen molar-refractivity contribution in [3.05, 3.63) is 64.9 Å². The van der Waals surface area contributed by atoms with Crippen LogP contribution >= 0.6 is 0 Å². The Labute approximate surface area is 166 Å². The Kier molecular flexibility index (Phi) is 5.27. The fourth-order valence-electron chi connectivity index (χ4n) is 3.32. The summed E-state index contributed by atoms with van der Waals surface area (Å²) in [4.78, 5) is 37.2. The number of aromatic carboxylic acids is 1. The number of anilines is 1. The lowest BCUT2D eigenvalue weighted by atomic mass is 9.96. The van der Waals surface area contributed by atoms with E-state index in [1.165, 1.54) is 50.3 Å². The molecule has 0 radical (unpaired) electrons. The van der Waals surface area contributed by atoms with Crippen LogP contribution in [0, 0.1) is 0 Å². The number of amides is 1. The summed E-state index contributed by atoms with van der Waals surface area (Å²) in [6.07, 6.45) is 0. The van der Waals surface area contributed by atoms with Crippen molar-refractivity contribution in [2.75, 3.05) is 19.1 Å². The van der Waals surface area contributed by atoms with Gasteiger partial charge in [0, 0.05) is 11.3 Å². The molecule has 0 saturated heterocycles. The fourth-order valence-corrected chi connectivity index (χ4v) is 3.32. The van der Waals surface area contributed by atoms with Crippen molar-refractivity contribution in [2.24, 2.45) is 0 Å². The predicted octanol–water partition coefficient (Wildman–Crippen LogP) is 1.69. The minimum absolute atomic E-state index is 0.0326. The molecular weight excluding hydrogens is 378 g/mol. The number of carbonyl (C=O) groups is 3. The summed E-state index contributed by atoms with van der Waals surface area (Å²) in [5.41, 5.74) is 0.647. The Morgan fingerprint density at radius 2 is 1.66 bits per heavy atom. The molecule has 1 N–H and O–H groups in total. The van der Waals surface area contributed by atoms with Crippen LogP contribution < -0.4 is 19.5 Å². The molecular formula is C21H18NO7-. The second kappa shape index (κ2) is 7.67. The molecule has 1 aliphatic rings. The van der Waals surface area contributed by atoms with Crippen molar-refractivity contribution in [3.63, 3.8) is 0 Å². The van der Waals surface area contributed by atoms with E-state index in [9.17, 15) is 19.5 Å².